The van der Waals surface area contributed by atoms with Gasteiger partial charge in [0.05, 0.1) is 17.7 Å². The maximum Gasteiger partial charge on any atom is 0.335 e. The van der Waals surface area contributed by atoms with Crippen LogP contribution in [0.2, 0.25) is 0 Å². The number of ether oxygens (including phenoxy) is 1. The van der Waals surface area contributed by atoms with E-state index in [0.717, 1.165) is 0 Å². The van der Waals surface area contributed by atoms with Crippen LogP contribution < -0.4 is 0 Å². The van der Waals surface area contributed by atoms with Gasteiger partial charge in [-0.05, 0) is 30.2 Å². The minimum Gasteiger partial charge on any atom is -0.478 e. The normalized spacial score (nSPS) is 11.1. The number of carboxylic acids is 1. The highest BCUT2D eigenvalue weighted by molar-refractivity contribution is 6.11. The van der Waals surface area contributed by atoms with Gasteiger partial charge in [0.25, 0.3) is 0 Å². The van der Waals surface area contributed by atoms with Crippen LogP contribution in [-0.4, -0.2) is 30.6 Å². The van der Waals surface area contributed by atoms with E-state index in [4.69, 9.17) is 9.84 Å². The van der Waals surface area contributed by atoms with Gasteiger partial charge in [0.1, 0.15) is 5.83 Å². The third-order valence-corrected chi connectivity index (χ3v) is 2.99. The van der Waals surface area contributed by atoms with Crippen LogP contribution in [0.1, 0.15) is 26.3 Å². The second-order valence-electron chi connectivity index (χ2n) is 4.47. The SMILES string of the molecule is C=C/C=C(\C(=C)F)C(=O)c1ccc(C(=O)O)c(CCOC)c1. The summed E-state index contributed by atoms with van der Waals surface area (Å²) in [5.41, 5.74) is 0.503. The van der Waals surface area contributed by atoms with Gasteiger partial charge >= 0.3 is 5.97 Å². The van der Waals surface area contributed by atoms with Crippen molar-refractivity contribution in [3.05, 3.63) is 71.6 Å². The van der Waals surface area contributed by atoms with E-state index in [9.17, 15) is 14.0 Å². The van der Waals surface area contributed by atoms with Gasteiger partial charge in [-0.15, -0.1) is 0 Å². The Balaban J connectivity index is 3.28. The van der Waals surface area contributed by atoms with Gasteiger partial charge in [0, 0.05) is 12.7 Å². The van der Waals surface area contributed by atoms with E-state index in [0.29, 0.717) is 18.6 Å². The number of carbonyl (C=O) groups is 2. The number of methoxy groups -OCH3 is 1. The maximum atomic E-state index is 13.4. The van der Waals surface area contributed by atoms with Crippen LogP contribution in [0.4, 0.5) is 4.39 Å². The molecule has 0 heterocycles. The molecule has 1 aromatic carbocycles. The third-order valence-electron chi connectivity index (χ3n) is 2.99. The molecule has 0 aromatic heterocycles. The Labute approximate surface area is 128 Å². The molecule has 4 nitrogen and oxygen atoms in total. The minimum atomic E-state index is -1.10. The quantitative estimate of drug-likeness (QED) is 0.454. The van der Waals surface area contributed by atoms with Gasteiger partial charge < -0.3 is 9.84 Å². The molecule has 0 radical (unpaired) electrons. The number of halogens is 1. The van der Waals surface area contributed by atoms with Crippen LogP contribution in [0.25, 0.3) is 0 Å². The summed E-state index contributed by atoms with van der Waals surface area (Å²) in [5.74, 6) is -2.55. The molecule has 0 saturated heterocycles. The van der Waals surface area contributed by atoms with Crippen molar-refractivity contribution in [3.8, 4) is 0 Å². The van der Waals surface area contributed by atoms with Crippen molar-refractivity contribution in [2.24, 2.45) is 0 Å². The van der Waals surface area contributed by atoms with Crippen molar-refractivity contribution in [2.75, 3.05) is 13.7 Å². The average Bonchev–Trinajstić information content (AvgIpc) is 2.49. The number of aromatic carboxylic acids is 1. The molecule has 22 heavy (non-hydrogen) atoms. The molecule has 1 N–H and O–H groups in total. The molecular formula is C17H17FO4. The first-order valence-corrected chi connectivity index (χ1v) is 6.49. The molecular weight excluding hydrogens is 287 g/mol. The van der Waals surface area contributed by atoms with Crippen molar-refractivity contribution in [2.45, 2.75) is 6.42 Å². The zero-order valence-corrected chi connectivity index (χ0v) is 12.3. The standard InChI is InChI=1S/C17H17FO4/c1-4-5-14(11(2)18)16(19)13-6-7-15(17(20)21)12(10-13)8-9-22-3/h4-7,10H,1-2,8-9H2,3H3,(H,20,21)/b14-5+. The Morgan fingerprint density at radius 1 is 1.41 bits per heavy atom. The Bertz CT molecular complexity index is 644. The highest BCUT2D eigenvalue weighted by Gasteiger charge is 2.18. The molecule has 0 aliphatic heterocycles. The van der Waals surface area contributed by atoms with Crippen LogP contribution in [-0.2, 0) is 11.2 Å². The summed E-state index contributed by atoms with van der Waals surface area (Å²) in [4.78, 5) is 23.5. The molecule has 0 fully saturated rings. The van der Waals surface area contributed by atoms with Crippen molar-refractivity contribution >= 4 is 11.8 Å². The first-order valence-electron chi connectivity index (χ1n) is 6.49. The second-order valence-corrected chi connectivity index (χ2v) is 4.47. The molecule has 0 atom stereocenters. The van der Waals surface area contributed by atoms with E-state index in [1.807, 2.05) is 0 Å². The van der Waals surface area contributed by atoms with Gasteiger partial charge in [0.15, 0.2) is 5.78 Å². The van der Waals surface area contributed by atoms with Crippen LogP contribution in [0.15, 0.2) is 54.9 Å². The molecule has 0 saturated carbocycles. The number of allylic oxidation sites excluding steroid dienone is 4. The predicted octanol–water partition coefficient (Wildman–Crippen LogP) is 3.35. The highest BCUT2D eigenvalue weighted by Crippen LogP contribution is 2.20. The molecule has 0 amide bonds. The van der Waals surface area contributed by atoms with Crippen molar-refractivity contribution in [1.29, 1.82) is 0 Å². The van der Waals surface area contributed by atoms with Gasteiger partial charge in [-0.25, -0.2) is 9.18 Å². The number of carboxylic acid groups (broad SMARTS) is 1. The monoisotopic (exact) mass is 304 g/mol. The van der Waals surface area contributed by atoms with E-state index in [1.54, 1.807) is 0 Å². The number of ketones is 1. The lowest BCUT2D eigenvalue weighted by molar-refractivity contribution is 0.0694. The minimum absolute atomic E-state index is 0.0851. The molecule has 0 bridgehead atoms. The molecule has 0 spiro atoms. The fourth-order valence-corrected chi connectivity index (χ4v) is 1.93. The van der Waals surface area contributed by atoms with Crippen LogP contribution in [0, 0.1) is 0 Å². The molecule has 1 aromatic rings. The lowest BCUT2D eigenvalue weighted by atomic mass is 9.96. The highest BCUT2D eigenvalue weighted by atomic mass is 19.1. The lowest BCUT2D eigenvalue weighted by Crippen LogP contribution is -2.09. The average molecular weight is 304 g/mol. The summed E-state index contributed by atoms with van der Waals surface area (Å²) in [5, 5.41) is 9.15. The molecule has 0 aliphatic carbocycles. The fraction of sp³-hybridized carbons (Fsp3) is 0.176. The summed E-state index contributed by atoms with van der Waals surface area (Å²) in [6.45, 7) is 6.85. The number of hydrogen-bond donors (Lipinski definition) is 1. The molecule has 5 heteroatoms. The van der Waals surface area contributed by atoms with Crippen molar-refractivity contribution < 1.29 is 23.8 Å². The Kier molecular flexibility index (Phi) is 6.41. The zero-order chi connectivity index (χ0) is 16.7. The smallest absolute Gasteiger partial charge is 0.335 e. The number of hydrogen-bond acceptors (Lipinski definition) is 3. The van der Waals surface area contributed by atoms with E-state index >= 15 is 0 Å². The second kappa shape index (κ2) is 8.05. The summed E-state index contributed by atoms with van der Waals surface area (Å²) in [6, 6.07) is 4.11. The van der Waals surface area contributed by atoms with Gasteiger partial charge in [-0.3, -0.25) is 4.79 Å². The van der Waals surface area contributed by atoms with E-state index < -0.39 is 17.6 Å². The zero-order valence-electron chi connectivity index (χ0n) is 12.3. The number of carbonyl (C=O) groups excluding carboxylic acids is 1. The maximum absolute atomic E-state index is 13.4. The first-order chi connectivity index (χ1) is 10.4. The fourth-order valence-electron chi connectivity index (χ4n) is 1.93. The van der Waals surface area contributed by atoms with Crippen LogP contribution in [0.5, 0.6) is 0 Å². The molecule has 116 valence electrons. The van der Waals surface area contributed by atoms with Crippen molar-refractivity contribution in [1.82, 2.24) is 0 Å². The van der Waals surface area contributed by atoms with E-state index in [-0.39, 0.29) is 16.7 Å². The molecule has 0 unspecified atom stereocenters. The summed E-state index contributed by atoms with van der Waals surface area (Å²) in [7, 11) is 1.49. The number of Topliss-reactive ketones (excluding diaryl/α,β-unsaturated/α-hetero) is 1. The van der Waals surface area contributed by atoms with Gasteiger partial charge in [-0.2, -0.15) is 0 Å². The molecule has 0 aliphatic rings. The lowest BCUT2D eigenvalue weighted by Gasteiger charge is -2.09. The largest absolute Gasteiger partial charge is 0.478 e. The van der Waals surface area contributed by atoms with Crippen LogP contribution in [0.3, 0.4) is 0 Å². The van der Waals surface area contributed by atoms with Gasteiger partial charge in [0.2, 0.25) is 0 Å². The summed E-state index contributed by atoms with van der Waals surface area (Å²) >= 11 is 0. The van der Waals surface area contributed by atoms with E-state index in [1.165, 1.54) is 37.5 Å². The number of benzene rings is 1. The predicted molar refractivity (Wildman–Crippen MR) is 81.8 cm³/mol. The Morgan fingerprint density at radius 3 is 2.59 bits per heavy atom. The van der Waals surface area contributed by atoms with Gasteiger partial charge in [-0.1, -0.05) is 25.3 Å². The molecule has 1 rings (SSSR count). The van der Waals surface area contributed by atoms with E-state index in [2.05, 4.69) is 13.2 Å². The summed E-state index contributed by atoms with van der Waals surface area (Å²) < 4.78 is 18.3. The third kappa shape index (κ3) is 4.23. The Hall–Kier alpha value is -2.53. The summed E-state index contributed by atoms with van der Waals surface area (Å²) in [6.07, 6.45) is 2.84. The Morgan fingerprint density at radius 2 is 2.09 bits per heavy atom. The topological polar surface area (TPSA) is 63.6 Å². The van der Waals surface area contributed by atoms with Crippen molar-refractivity contribution in [3.63, 3.8) is 0 Å². The number of rotatable bonds is 8. The first kappa shape index (κ1) is 17.5. The van der Waals surface area contributed by atoms with Crippen LogP contribution >= 0.6 is 0 Å².